The summed E-state index contributed by atoms with van der Waals surface area (Å²) in [5.41, 5.74) is 1.91. The van der Waals surface area contributed by atoms with Crippen molar-refractivity contribution in [2.45, 2.75) is 6.54 Å². The molecule has 1 aromatic carbocycles. The molecule has 0 bridgehead atoms. The quantitative estimate of drug-likeness (QED) is 0.390. The van der Waals surface area contributed by atoms with Gasteiger partial charge in [-0.1, -0.05) is 24.3 Å². The number of hydrogen-bond acceptors (Lipinski definition) is 5. The maximum atomic E-state index is 13.0. The number of pyridine rings is 3. The largest absolute Gasteiger partial charge is 0.481 e. The molecule has 0 saturated heterocycles. The highest BCUT2D eigenvalue weighted by atomic mass is 16.5. The van der Waals surface area contributed by atoms with Crippen LogP contribution >= 0.6 is 0 Å². The molecule has 0 saturated carbocycles. The Bertz CT molecular complexity index is 1270. The molecule has 0 atom stereocenters. The highest BCUT2D eigenvalue weighted by Crippen LogP contribution is 2.16. The minimum atomic E-state index is -0.398. The van der Waals surface area contributed by atoms with E-state index in [1.54, 1.807) is 36.5 Å². The Morgan fingerprint density at radius 1 is 1.10 bits per heavy atom. The van der Waals surface area contributed by atoms with Crippen LogP contribution in [0.2, 0.25) is 0 Å². The van der Waals surface area contributed by atoms with E-state index < -0.39 is 5.78 Å². The molecule has 0 aliphatic carbocycles. The van der Waals surface area contributed by atoms with Crippen LogP contribution in [0.3, 0.4) is 0 Å². The molecule has 3 heterocycles. The molecule has 7 heteroatoms. The fourth-order valence-electron chi connectivity index (χ4n) is 3.19. The molecule has 4 aromatic rings. The predicted octanol–water partition coefficient (Wildman–Crippen LogP) is 1.87. The molecule has 0 N–H and O–H groups in total. The van der Waals surface area contributed by atoms with Gasteiger partial charge in [0.2, 0.25) is 11.3 Å². The average molecular weight is 381 g/mol. The normalized spacial score (nSPS) is 10.8. The zero-order valence-electron chi connectivity index (χ0n) is 15.7. The number of carbonyl (C=O) groups excluding carboxylic acids is 1. The number of nitrogens with zero attached hydrogens (tertiary/aromatic N) is 3. The molecule has 0 amide bonds. The van der Waals surface area contributed by atoms with Gasteiger partial charge in [-0.2, -0.15) is 0 Å². The fourth-order valence-corrected chi connectivity index (χ4v) is 3.19. The first kappa shape index (κ1) is 18.6. The van der Waals surface area contributed by atoms with Crippen LogP contribution in [0.15, 0.2) is 71.8 Å². The SMILES string of the molecule is [B]c1cccc(Cn2cc(C(=O)c3ccc(OC)nc3)c(=O)c3ccccc32)n1. The maximum absolute atomic E-state index is 13.0. The molecule has 0 fully saturated rings. The standard InChI is InChI=1S/C22H16BN3O3/c1-29-20-10-9-14(11-24-20)21(27)17-13-26(12-15-5-4-8-19(23)25-15)18-7-3-2-6-16(18)22(17)28/h2-11,13H,12H2,1H3. The first-order valence-electron chi connectivity index (χ1n) is 8.95. The minimum Gasteiger partial charge on any atom is -0.481 e. The van der Waals surface area contributed by atoms with E-state index in [-0.39, 0.29) is 11.0 Å². The molecule has 0 unspecified atom stereocenters. The summed E-state index contributed by atoms with van der Waals surface area (Å²) < 4.78 is 6.86. The van der Waals surface area contributed by atoms with Gasteiger partial charge in [-0.05, 0) is 29.9 Å². The van der Waals surface area contributed by atoms with Gasteiger partial charge in [0.1, 0.15) is 7.85 Å². The summed E-state index contributed by atoms with van der Waals surface area (Å²) in [6.07, 6.45) is 2.97. The van der Waals surface area contributed by atoms with Crippen molar-refractivity contribution < 1.29 is 9.53 Å². The summed E-state index contributed by atoms with van der Waals surface area (Å²) in [7, 11) is 7.28. The van der Waals surface area contributed by atoms with E-state index in [4.69, 9.17) is 12.6 Å². The van der Waals surface area contributed by atoms with Crippen LogP contribution in [0.5, 0.6) is 5.88 Å². The number of ketones is 1. The first-order valence-corrected chi connectivity index (χ1v) is 8.95. The molecular formula is C22H16BN3O3. The van der Waals surface area contributed by atoms with Crippen molar-refractivity contribution >= 4 is 30.1 Å². The molecule has 140 valence electrons. The van der Waals surface area contributed by atoms with Crippen molar-refractivity contribution in [3.05, 3.63) is 94.0 Å². The zero-order valence-corrected chi connectivity index (χ0v) is 15.7. The third kappa shape index (κ3) is 3.67. The molecule has 0 aliphatic rings. The smallest absolute Gasteiger partial charge is 0.212 e. The van der Waals surface area contributed by atoms with Gasteiger partial charge in [0.15, 0.2) is 5.78 Å². The van der Waals surface area contributed by atoms with Crippen molar-refractivity contribution in [2.24, 2.45) is 0 Å². The van der Waals surface area contributed by atoms with Gasteiger partial charge >= 0.3 is 0 Å². The molecule has 2 radical (unpaired) electrons. The molecular weight excluding hydrogens is 365 g/mol. The van der Waals surface area contributed by atoms with Gasteiger partial charge in [0, 0.05) is 29.4 Å². The monoisotopic (exact) mass is 381 g/mol. The van der Waals surface area contributed by atoms with Gasteiger partial charge in [0.05, 0.1) is 30.4 Å². The third-order valence-electron chi connectivity index (χ3n) is 4.60. The number of rotatable bonds is 5. The molecule has 4 rings (SSSR count). The van der Waals surface area contributed by atoms with Crippen molar-refractivity contribution in [3.63, 3.8) is 0 Å². The van der Waals surface area contributed by atoms with Crippen LogP contribution in [0, 0.1) is 0 Å². The lowest BCUT2D eigenvalue weighted by Crippen LogP contribution is -2.21. The van der Waals surface area contributed by atoms with E-state index in [0.717, 1.165) is 5.69 Å². The van der Waals surface area contributed by atoms with E-state index in [1.165, 1.54) is 13.3 Å². The maximum Gasteiger partial charge on any atom is 0.212 e. The topological polar surface area (TPSA) is 74.1 Å². The Balaban J connectivity index is 1.84. The van der Waals surface area contributed by atoms with Gasteiger partial charge in [-0.3, -0.25) is 14.6 Å². The van der Waals surface area contributed by atoms with Crippen molar-refractivity contribution in [3.8, 4) is 5.88 Å². The predicted molar refractivity (Wildman–Crippen MR) is 111 cm³/mol. The Labute approximate surface area is 168 Å². The number of aromatic nitrogens is 3. The van der Waals surface area contributed by atoms with Crippen molar-refractivity contribution in [1.82, 2.24) is 14.5 Å². The van der Waals surface area contributed by atoms with Gasteiger partial charge < -0.3 is 9.30 Å². The second-order valence-corrected chi connectivity index (χ2v) is 6.49. The molecule has 3 aromatic heterocycles. The Kier molecular flexibility index (Phi) is 4.95. The van der Waals surface area contributed by atoms with Crippen LogP contribution < -0.4 is 15.8 Å². The summed E-state index contributed by atoms with van der Waals surface area (Å²) in [6, 6.07) is 15.7. The van der Waals surface area contributed by atoms with Crippen LogP contribution in [-0.4, -0.2) is 35.3 Å². The first-order chi connectivity index (χ1) is 14.1. The number of carbonyl (C=O) groups is 1. The fraction of sp³-hybridized carbons (Fsp3) is 0.0909. The zero-order chi connectivity index (χ0) is 20.4. The van der Waals surface area contributed by atoms with Crippen LogP contribution in [0.25, 0.3) is 10.9 Å². The number of methoxy groups -OCH3 is 1. The number of benzene rings is 1. The Hall–Kier alpha value is -3.74. The van der Waals surface area contributed by atoms with Gasteiger partial charge in [-0.25, -0.2) is 4.98 Å². The minimum absolute atomic E-state index is 0.0690. The summed E-state index contributed by atoms with van der Waals surface area (Å²) >= 11 is 0. The van der Waals surface area contributed by atoms with Crippen LogP contribution in [-0.2, 0) is 6.54 Å². The molecule has 0 spiro atoms. The summed E-state index contributed by atoms with van der Waals surface area (Å²) in [6.45, 7) is 0.368. The Morgan fingerprint density at radius 3 is 2.66 bits per heavy atom. The summed E-state index contributed by atoms with van der Waals surface area (Å²) in [5.74, 6) is -0.00426. The second kappa shape index (κ2) is 7.71. The molecule has 0 aliphatic heterocycles. The van der Waals surface area contributed by atoms with E-state index >= 15 is 0 Å². The van der Waals surface area contributed by atoms with Gasteiger partial charge in [0.25, 0.3) is 0 Å². The molecule has 6 nitrogen and oxygen atoms in total. The summed E-state index contributed by atoms with van der Waals surface area (Å²) in [5, 5.41) is 0.462. The highest BCUT2D eigenvalue weighted by molar-refractivity contribution is 6.30. The second-order valence-electron chi connectivity index (χ2n) is 6.49. The number of para-hydroxylation sites is 1. The number of fused-ring (bicyclic) bond motifs is 1. The third-order valence-corrected chi connectivity index (χ3v) is 4.60. The van der Waals surface area contributed by atoms with E-state index in [2.05, 4.69) is 9.97 Å². The highest BCUT2D eigenvalue weighted by Gasteiger charge is 2.18. The lowest BCUT2D eigenvalue weighted by Gasteiger charge is -2.13. The lowest BCUT2D eigenvalue weighted by molar-refractivity contribution is 0.103. The number of hydrogen-bond donors (Lipinski definition) is 0. The Morgan fingerprint density at radius 2 is 1.93 bits per heavy atom. The van der Waals surface area contributed by atoms with E-state index in [1.807, 2.05) is 28.8 Å². The summed E-state index contributed by atoms with van der Waals surface area (Å²) in [4.78, 5) is 34.4. The van der Waals surface area contributed by atoms with E-state index in [0.29, 0.717) is 34.5 Å². The van der Waals surface area contributed by atoms with Gasteiger partial charge in [-0.15, -0.1) is 0 Å². The van der Waals surface area contributed by atoms with Crippen molar-refractivity contribution in [2.75, 3.05) is 7.11 Å². The van der Waals surface area contributed by atoms with Crippen molar-refractivity contribution in [1.29, 1.82) is 0 Å². The number of ether oxygens (including phenoxy) is 1. The lowest BCUT2D eigenvalue weighted by atomic mass is 10.0. The average Bonchev–Trinajstić information content (AvgIpc) is 2.75. The van der Waals surface area contributed by atoms with E-state index in [9.17, 15) is 9.59 Å². The van der Waals surface area contributed by atoms with Crippen LogP contribution in [0.4, 0.5) is 0 Å². The molecule has 29 heavy (non-hydrogen) atoms. The van der Waals surface area contributed by atoms with Crippen LogP contribution in [0.1, 0.15) is 21.6 Å².